The summed E-state index contributed by atoms with van der Waals surface area (Å²) in [6, 6.07) is 24.5. The maximum absolute atomic E-state index is 13.6. The van der Waals surface area contributed by atoms with E-state index < -0.39 is 7.82 Å². The average Bonchev–Trinajstić information content (AvgIpc) is 3.06. The molecule has 1 heterocycles. The monoisotopic (exact) mass is 508 g/mol. The number of rotatable bonds is 2. The Bertz CT molecular complexity index is 1440. The van der Waals surface area contributed by atoms with Crippen molar-refractivity contribution in [3.8, 4) is 44.9 Å². The fourth-order valence-corrected chi connectivity index (χ4v) is 7.28. The van der Waals surface area contributed by atoms with E-state index in [2.05, 4.69) is 12.1 Å². The summed E-state index contributed by atoms with van der Waals surface area (Å²) in [6.07, 6.45) is 8.32. The summed E-state index contributed by atoms with van der Waals surface area (Å²) in [4.78, 5) is 11.1. The highest BCUT2D eigenvalue weighted by Crippen LogP contribution is 2.61. The number of aryl methyl sites for hydroxylation is 2. The van der Waals surface area contributed by atoms with Crippen molar-refractivity contribution in [1.82, 2.24) is 0 Å². The Morgan fingerprint density at radius 1 is 0.595 bits per heavy atom. The molecule has 0 fully saturated rings. The second-order valence-corrected chi connectivity index (χ2v) is 11.6. The van der Waals surface area contributed by atoms with E-state index in [1.807, 2.05) is 60.7 Å². The van der Waals surface area contributed by atoms with Crippen molar-refractivity contribution in [1.29, 1.82) is 0 Å². The van der Waals surface area contributed by atoms with Crippen LogP contribution in [0.5, 0.6) is 11.5 Å². The first-order valence-corrected chi connectivity index (χ1v) is 14.8. The minimum Gasteiger partial charge on any atom is -0.394 e. The standard InChI is InChI=1S/C32H29O4P/c33-37(34)35-31-27(21-11-3-1-4-12-21)19-23-15-7-9-17-25(23)29(31)30-26-18-10-8-16-24(26)20-28(32(30)36-37)22-13-5-2-6-14-22/h1-6,11-14,19-20H,7-10,15-18H2,(H,33,34). The Morgan fingerprint density at radius 3 is 1.43 bits per heavy atom. The summed E-state index contributed by atoms with van der Waals surface area (Å²) in [5, 5.41) is 0. The maximum Gasteiger partial charge on any atom is 0.584 e. The molecular weight excluding hydrogens is 479 g/mol. The van der Waals surface area contributed by atoms with Gasteiger partial charge in [0.1, 0.15) is 11.5 Å². The van der Waals surface area contributed by atoms with E-state index in [-0.39, 0.29) is 0 Å². The largest absolute Gasteiger partial charge is 0.584 e. The zero-order chi connectivity index (χ0) is 25.0. The van der Waals surface area contributed by atoms with Crippen LogP contribution in [0.25, 0.3) is 33.4 Å². The van der Waals surface area contributed by atoms with Crippen LogP contribution in [0.3, 0.4) is 0 Å². The predicted molar refractivity (Wildman–Crippen MR) is 147 cm³/mol. The van der Waals surface area contributed by atoms with Gasteiger partial charge in [0.2, 0.25) is 0 Å². The number of benzene rings is 4. The summed E-state index contributed by atoms with van der Waals surface area (Å²) in [6.45, 7) is 0. The van der Waals surface area contributed by atoms with Crippen LogP contribution < -0.4 is 9.05 Å². The van der Waals surface area contributed by atoms with Gasteiger partial charge in [-0.25, -0.2) is 4.57 Å². The molecule has 0 saturated heterocycles. The third kappa shape index (κ3) is 3.91. The van der Waals surface area contributed by atoms with Gasteiger partial charge in [0.05, 0.1) is 0 Å². The SMILES string of the molecule is O=P1(O)Oc2c(-c3ccccc3)cc3c(c2-c2c4c(cc(-c5ccccc5)c2O1)CCCC4)CCCC3. The van der Waals surface area contributed by atoms with E-state index in [1.165, 1.54) is 22.3 Å². The molecule has 0 saturated carbocycles. The summed E-state index contributed by atoms with van der Waals surface area (Å²) in [5.41, 5.74) is 10.7. The van der Waals surface area contributed by atoms with E-state index in [1.54, 1.807) is 0 Å². The molecule has 4 nitrogen and oxygen atoms in total. The highest BCUT2D eigenvalue weighted by Gasteiger charge is 2.39. The molecule has 2 aliphatic carbocycles. The molecule has 0 aromatic heterocycles. The molecular formula is C32H29O4P. The Kier molecular flexibility index (Phi) is 5.49. The number of phosphoric ester groups is 1. The molecule has 1 N–H and O–H groups in total. The molecule has 0 atom stereocenters. The third-order valence-electron chi connectivity index (χ3n) is 8.04. The molecule has 0 bridgehead atoms. The van der Waals surface area contributed by atoms with E-state index in [9.17, 15) is 9.46 Å². The highest BCUT2D eigenvalue weighted by atomic mass is 31.2. The van der Waals surface area contributed by atoms with Gasteiger partial charge < -0.3 is 9.05 Å². The van der Waals surface area contributed by atoms with Crippen LogP contribution in [-0.2, 0) is 30.2 Å². The second-order valence-electron chi connectivity index (χ2n) is 10.3. The van der Waals surface area contributed by atoms with Crippen molar-refractivity contribution in [2.45, 2.75) is 51.4 Å². The van der Waals surface area contributed by atoms with E-state index in [0.717, 1.165) is 84.7 Å². The van der Waals surface area contributed by atoms with Gasteiger partial charge in [-0.05, 0) is 96.9 Å². The Balaban J connectivity index is 1.64. The fourth-order valence-electron chi connectivity index (χ4n) is 6.40. The first-order valence-electron chi connectivity index (χ1n) is 13.3. The van der Waals surface area contributed by atoms with Gasteiger partial charge in [0, 0.05) is 22.3 Å². The predicted octanol–water partition coefficient (Wildman–Crippen LogP) is 8.32. The molecule has 0 unspecified atom stereocenters. The number of hydrogen-bond acceptors (Lipinski definition) is 3. The first kappa shape index (κ1) is 22.8. The van der Waals surface area contributed by atoms with E-state index in [4.69, 9.17) is 9.05 Å². The van der Waals surface area contributed by atoms with Crippen molar-refractivity contribution in [2.24, 2.45) is 0 Å². The molecule has 0 spiro atoms. The molecule has 3 aliphatic rings. The van der Waals surface area contributed by atoms with Gasteiger partial charge >= 0.3 is 7.82 Å². The quantitative estimate of drug-likeness (QED) is 0.277. The Hall–Kier alpha value is -3.33. The van der Waals surface area contributed by atoms with Crippen LogP contribution in [0.2, 0.25) is 0 Å². The Labute approximate surface area is 217 Å². The van der Waals surface area contributed by atoms with Crippen molar-refractivity contribution in [3.05, 3.63) is 95.1 Å². The number of phosphoric acid groups is 1. The summed E-state index contributed by atoms with van der Waals surface area (Å²) in [5.74, 6) is 0.962. The number of hydrogen-bond donors (Lipinski definition) is 1. The normalized spacial score (nSPS) is 17.2. The van der Waals surface area contributed by atoms with Crippen LogP contribution >= 0.6 is 7.82 Å². The smallest absolute Gasteiger partial charge is 0.394 e. The van der Waals surface area contributed by atoms with Crippen LogP contribution in [0.4, 0.5) is 0 Å². The van der Waals surface area contributed by atoms with Crippen LogP contribution in [0, 0.1) is 0 Å². The van der Waals surface area contributed by atoms with Crippen LogP contribution in [0.1, 0.15) is 47.9 Å². The van der Waals surface area contributed by atoms with Crippen LogP contribution in [-0.4, -0.2) is 4.89 Å². The van der Waals surface area contributed by atoms with Crippen molar-refractivity contribution < 1.29 is 18.5 Å². The summed E-state index contributed by atoms with van der Waals surface area (Å²) < 4.78 is 25.7. The lowest BCUT2D eigenvalue weighted by atomic mass is 9.77. The molecule has 7 rings (SSSR count). The molecule has 37 heavy (non-hydrogen) atoms. The highest BCUT2D eigenvalue weighted by molar-refractivity contribution is 7.48. The third-order valence-corrected chi connectivity index (χ3v) is 8.86. The topological polar surface area (TPSA) is 55.8 Å². The van der Waals surface area contributed by atoms with Gasteiger partial charge in [-0.15, -0.1) is 0 Å². The number of fused-ring (bicyclic) bond motifs is 7. The lowest BCUT2D eigenvalue weighted by molar-refractivity contribution is 0.295. The van der Waals surface area contributed by atoms with Gasteiger partial charge in [0.15, 0.2) is 0 Å². The zero-order valence-electron chi connectivity index (χ0n) is 20.7. The Morgan fingerprint density at radius 2 is 1.00 bits per heavy atom. The minimum absolute atomic E-state index is 0.481. The molecule has 4 aromatic carbocycles. The molecule has 0 radical (unpaired) electrons. The summed E-state index contributed by atoms with van der Waals surface area (Å²) in [7, 11) is -4.46. The van der Waals surface area contributed by atoms with Crippen molar-refractivity contribution in [2.75, 3.05) is 0 Å². The van der Waals surface area contributed by atoms with E-state index >= 15 is 0 Å². The first-order chi connectivity index (χ1) is 18.1. The fraction of sp³-hybridized carbons (Fsp3) is 0.250. The lowest BCUT2D eigenvalue weighted by Crippen LogP contribution is -2.10. The molecule has 186 valence electrons. The van der Waals surface area contributed by atoms with Gasteiger partial charge in [-0.1, -0.05) is 60.7 Å². The summed E-state index contributed by atoms with van der Waals surface area (Å²) >= 11 is 0. The van der Waals surface area contributed by atoms with Gasteiger partial charge in [-0.2, -0.15) is 0 Å². The second kappa shape index (κ2) is 8.90. The van der Waals surface area contributed by atoms with Gasteiger partial charge in [0.25, 0.3) is 0 Å². The zero-order valence-corrected chi connectivity index (χ0v) is 21.6. The molecule has 5 heteroatoms. The molecule has 1 aliphatic heterocycles. The van der Waals surface area contributed by atoms with Crippen molar-refractivity contribution >= 4 is 7.82 Å². The minimum atomic E-state index is -4.46. The van der Waals surface area contributed by atoms with Gasteiger partial charge in [-0.3, -0.25) is 4.89 Å². The van der Waals surface area contributed by atoms with E-state index in [0.29, 0.717) is 11.5 Å². The molecule has 0 amide bonds. The average molecular weight is 509 g/mol. The van der Waals surface area contributed by atoms with Crippen LogP contribution in [0.15, 0.2) is 72.8 Å². The van der Waals surface area contributed by atoms with Crippen molar-refractivity contribution in [3.63, 3.8) is 0 Å². The molecule has 4 aromatic rings. The lowest BCUT2D eigenvalue weighted by Gasteiger charge is -2.27. The maximum atomic E-state index is 13.6.